The van der Waals surface area contributed by atoms with Crippen molar-refractivity contribution in [3.05, 3.63) is 60.2 Å². The molecule has 0 unspecified atom stereocenters. The maximum Gasteiger partial charge on any atom is 0.0442 e. The predicted molar refractivity (Wildman–Crippen MR) is 90.3 cm³/mol. The molecule has 94 valence electrons. The zero-order chi connectivity index (χ0) is 13.3. The molecular weight excluding hydrogens is 260 g/mol. The van der Waals surface area contributed by atoms with Gasteiger partial charge in [0.1, 0.15) is 0 Å². The number of fused-ring (bicyclic) bond motifs is 2. The average Bonchev–Trinajstić information content (AvgIpc) is 2.85. The van der Waals surface area contributed by atoms with Crippen molar-refractivity contribution >= 4 is 53.1 Å². The first kappa shape index (κ1) is 10.6. The largest absolute Gasteiger partial charge is 0.134 e. The van der Waals surface area contributed by atoms with Crippen molar-refractivity contribution in [1.82, 2.24) is 0 Å². The second-order valence-corrected chi connectivity index (χ2v) is 6.55. The summed E-state index contributed by atoms with van der Waals surface area (Å²) in [6.07, 6.45) is 0. The Hall–Kier alpha value is -2.12. The van der Waals surface area contributed by atoms with Crippen LogP contribution in [-0.2, 0) is 0 Å². The highest BCUT2D eigenvalue weighted by Gasteiger charge is 2.14. The van der Waals surface area contributed by atoms with Crippen LogP contribution in [0.25, 0.3) is 41.7 Å². The number of hydrogen-bond donors (Lipinski definition) is 0. The predicted octanol–water partition coefficient (Wildman–Crippen LogP) is 6.11. The van der Waals surface area contributed by atoms with E-state index in [0.717, 1.165) is 0 Å². The van der Waals surface area contributed by atoms with Crippen molar-refractivity contribution in [1.29, 1.82) is 0 Å². The van der Waals surface area contributed by atoms with Crippen LogP contribution in [0.15, 0.2) is 54.6 Å². The van der Waals surface area contributed by atoms with E-state index in [1.54, 1.807) is 0 Å². The highest BCUT2D eigenvalue weighted by molar-refractivity contribution is 7.27. The smallest absolute Gasteiger partial charge is 0.0442 e. The van der Waals surface area contributed by atoms with Gasteiger partial charge in [-0.05, 0) is 40.8 Å². The highest BCUT2D eigenvalue weighted by Crippen LogP contribution is 2.44. The lowest BCUT2D eigenvalue weighted by Crippen LogP contribution is -1.81. The normalized spacial score (nSPS) is 12.2. The minimum absolute atomic E-state index is 1.35. The van der Waals surface area contributed by atoms with Crippen molar-refractivity contribution in [2.24, 2.45) is 0 Å². The summed E-state index contributed by atoms with van der Waals surface area (Å²) < 4.78 is 2.85. The van der Waals surface area contributed by atoms with Gasteiger partial charge in [0.25, 0.3) is 0 Å². The summed E-state index contributed by atoms with van der Waals surface area (Å²) in [5.41, 5.74) is 1.37. The van der Waals surface area contributed by atoms with Crippen LogP contribution < -0.4 is 0 Å². The van der Waals surface area contributed by atoms with Crippen LogP contribution in [-0.4, -0.2) is 0 Å². The first-order valence-corrected chi connectivity index (χ1v) is 7.70. The van der Waals surface area contributed by atoms with E-state index in [-0.39, 0.29) is 0 Å². The van der Waals surface area contributed by atoms with E-state index in [0.29, 0.717) is 0 Å². The molecule has 0 amide bonds. The summed E-state index contributed by atoms with van der Waals surface area (Å²) in [6, 6.07) is 20.1. The van der Waals surface area contributed by atoms with Crippen LogP contribution in [0.4, 0.5) is 0 Å². The second kappa shape index (κ2) is 3.50. The zero-order valence-electron chi connectivity index (χ0n) is 11.1. The Morgan fingerprint density at radius 3 is 2.40 bits per heavy atom. The molecule has 0 aliphatic heterocycles. The van der Waals surface area contributed by atoms with Crippen LogP contribution >= 0.6 is 11.3 Å². The summed E-state index contributed by atoms with van der Waals surface area (Å²) in [5, 5.41) is 8.39. The molecule has 0 saturated heterocycles. The maximum absolute atomic E-state index is 2.34. The van der Waals surface area contributed by atoms with Gasteiger partial charge in [0.05, 0.1) is 0 Å². The molecule has 0 aliphatic carbocycles. The molecule has 0 radical (unpaired) electrons. The van der Waals surface area contributed by atoms with E-state index < -0.39 is 0 Å². The van der Waals surface area contributed by atoms with Gasteiger partial charge >= 0.3 is 0 Å². The first-order valence-electron chi connectivity index (χ1n) is 6.88. The molecule has 0 N–H and O–H groups in total. The van der Waals surface area contributed by atoms with E-state index in [2.05, 4.69) is 61.5 Å². The molecule has 4 aromatic carbocycles. The molecule has 0 fully saturated rings. The minimum Gasteiger partial charge on any atom is -0.134 e. The van der Waals surface area contributed by atoms with Gasteiger partial charge in [-0.2, -0.15) is 0 Å². The molecule has 5 aromatic rings. The van der Waals surface area contributed by atoms with Gasteiger partial charge in [0.15, 0.2) is 0 Å². The fourth-order valence-electron chi connectivity index (χ4n) is 3.44. The lowest BCUT2D eigenvalue weighted by molar-refractivity contribution is 1.55. The Balaban J connectivity index is 2.25. The fraction of sp³-hybridized carbons (Fsp3) is 0.0526. The quantitative estimate of drug-likeness (QED) is 0.236. The summed E-state index contributed by atoms with van der Waals surface area (Å²) in [5.74, 6) is 0. The molecular formula is C19H12S. The van der Waals surface area contributed by atoms with Gasteiger partial charge in [-0.15, -0.1) is 11.3 Å². The lowest BCUT2D eigenvalue weighted by atomic mass is 9.96. The van der Waals surface area contributed by atoms with Gasteiger partial charge in [-0.3, -0.25) is 0 Å². The molecule has 0 bridgehead atoms. The van der Waals surface area contributed by atoms with E-state index in [1.807, 2.05) is 11.3 Å². The third kappa shape index (κ3) is 1.17. The third-order valence-corrected chi connectivity index (χ3v) is 5.49. The van der Waals surface area contributed by atoms with Crippen LogP contribution in [0, 0.1) is 6.92 Å². The number of hydrogen-bond acceptors (Lipinski definition) is 1. The van der Waals surface area contributed by atoms with Crippen molar-refractivity contribution in [2.75, 3.05) is 0 Å². The Morgan fingerprint density at radius 2 is 1.45 bits per heavy atom. The highest BCUT2D eigenvalue weighted by atomic mass is 32.1. The summed E-state index contributed by atoms with van der Waals surface area (Å²) in [4.78, 5) is 0. The van der Waals surface area contributed by atoms with E-state index in [4.69, 9.17) is 0 Å². The van der Waals surface area contributed by atoms with Gasteiger partial charge < -0.3 is 0 Å². The molecule has 1 heterocycles. The van der Waals surface area contributed by atoms with E-state index in [9.17, 15) is 0 Å². The van der Waals surface area contributed by atoms with E-state index in [1.165, 1.54) is 47.3 Å². The van der Waals surface area contributed by atoms with Crippen molar-refractivity contribution < 1.29 is 0 Å². The Kier molecular flexibility index (Phi) is 1.86. The average molecular weight is 272 g/mol. The number of rotatable bonds is 0. The molecule has 0 aliphatic rings. The van der Waals surface area contributed by atoms with Crippen molar-refractivity contribution in [2.45, 2.75) is 6.92 Å². The summed E-state index contributed by atoms with van der Waals surface area (Å²) in [6.45, 7) is 2.22. The standard InChI is InChI=1S/C19H12S/c1-11-4-2-6-13-10-14-9-8-12-5-3-7-15-17(12)18(14)19(20-15)16(11)13/h2-10H,1H3. The molecule has 0 spiro atoms. The van der Waals surface area contributed by atoms with Crippen LogP contribution in [0.1, 0.15) is 5.56 Å². The Labute approximate surface area is 120 Å². The molecule has 1 heteroatoms. The summed E-state index contributed by atoms with van der Waals surface area (Å²) in [7, 11) is 0. The van der Waals surface area contributed by atoms with Crippen LogP contribution in [0.3, 0.4) is 0 Å². The number of thiophene rings is 1. The molecule has 1 aromatic heterocycles. The lowest BCUT2D eigenvalue weighted by Gasteiger charge is -2.07. The van der Waals surface area contributed by atoms with E-state index >= 15 is 0 Å². The number of benzene rings is 4. The van der Waals surface area contributed by atoms with Gasteiger partial charge in [0, 0.05) is 25.6 Å². The molecule has 0 nitrogen and oxygen atoms in total. The molecule has 0 atom stereocenters. The number of aryl methyl sites for hydroxylation is 1. The van der Waals surface area contributed by atoms with Crippen LogP contribution in [0.2, 0.25) is 0 Å². The third-order valence-electron chi connectivity index (χ3n) is 4.32. The van der Waals surface area contributed by atoms with Crippen molar-refractivity contribution in [3.63, 3.8) is 0 Å². The first-order chi connectivity index (χ1) is 9.83. The Morgan fingerprint density at radius 1 is 0.700 bits per heavy atom. The summed E-state index contributed by atoms with van der Waals surface area (Å²) >= 11 is 1.93. The Bertz CT molecular complexity index is 1100. The topological polar surface area (TPSA) is 0 Å². The molecule has 0 saturated carbocycles. The van der Waals surface area contributed by atoms with Gasteiger partial charge in [0.2, 0.25) is 0 Å². The minimum atomic E-state index is 1.35. The second-order valence-electron chi connectivity index (χ2n) is 5.50. The van der Waals surface area contributed by atoms with Crippen molar-refractivity contribution in [3.8, 4) is 0 Å². The monoisotopic (exact) mass is 272 g/mol. The van der Waals surface area contributed by atoms with Gasteiger partial charge in [-0.25, -0.2) is 0 Å². The van der Waals surface area contributed by atoms with Gasteiger partial charge in [-0.1, -0.05) is 42.5 Å². The molecule has 20 heavy (non-hydrogen) atoms. The zero-order valence-corrected chi connectivity index (χ0v) is 11.9. The molecule has 5 rings (SSSR count). The maximum atomic E-state index is 2.34. The van der Waals surface area contributed by atoms with Crippen LogP contribution in [0.5, 0.6) is 0 Å². The SMILES string of the molecule is Cc1cccc2cc3ccc4cccc5sc(c12)c3c45. The fourth-order valence-corrected chi connectivity index (χ4v) is 4.83.